The average molecular weight is 455 g/mol. The summed E-state index contributed by atoms with van der Waals surface area (Å²) >= 11 is 0. The van der Waals surface area contributed by atoms with Crippen LogP contribution in [-0.4, -0.2) is 28.2 Å². The average Bonchev–Trinajstić information content (AvgIpc) is 3.25. The fourth-order valence-electron chi connectivity index (χ4n) is 3.29. The van der Waals surface area contributed by atoms with Gasteiger partial charge in [-0.25, -0.2) is 8.42 Å². The van der Waals surface area contributed by atoms with E-state index in [4.69, 9.17) is 14.2 Å². The molecule has 1 aliphatic heterocycles. The molecular weight excluding hydrogens is 432 g/mol. The molecule has 0 saturated carbocycles. The second-order valence-electron chi connectivity index (χ2n) is 7.16. The second kappa shape index (κ2) is 8.80. The Balaban J connectivity index is 1.52. The van der Waals surface area contributed by atoms with Crippen LogP contribution in [0, 0.1) is 6.92 Å². The molecule has 1 aliphatic rings. The lowest BCUT2D eigenvalue weighted by atomic mass is 10.1. The molecule has 0 atom stereocenters. The monoisotopic (exact) mass is 454 g/mol. The number of para-hydroxylation sites is 2. The summed E-state index contributed by atoms with van der Waals surface area (Å²) < 4.78 is 44.4. The first-order valence-electron chi connectivity index (χ1n) is 9.80. The van der Waals surface area contributed by atoms with Crippen LogP contribution in [0.1, 0.15) is 21.5 Å². The number of fused-ring (bicyclic) bond motifs is 1. The number of amides is 1. The molecule has 0 unspecified atom stereocenters. The van der Waals surface area contributed by atoms with Gasteiger partial charge in [0.2, 0.25) is 6.79 Å². The van der Waals surface area contributed by atoms with Crippen LogP contribution < -0.4 is 24.2 Å². The van der Waals surface area contributed by atoms with Gasteiger partial charge in [0.25, 0.3) is 15.9 Å². The fourth-order valence-corrected chi connectivity index (χ4v) is 4.64. The highest BCUT2D eigenvalue weighted by molar-refractivity contribution is 7.92. The molecule has 4 rings (SSSR count). The Labute approximate surface area is 186 Å². The molecule has 0 radical (unpaired) electrons. The molecule has 166 valence electrons. The molecule has 0 saturated heterocycles. The van der Waals surface area contributed by atoms with E-state index in [2.05, 4.69) is 10.0 Å². The van der Waals surface area contributed by atoms with Gasteiger partial charge >= 0.3 is 0 Å². The van der Waals surface area contributed by atoms with Crippen molar-refractivity contribution < 1.29 is 27.4 Å². The van der Waals surface area contributed by atoms with E-state index in [1.165, 1.54) is 13.2 Å². The molecule has 0 fully saturated rings. The molecule has 0 spiro atoms. The molecule has 1 amide bonds. The topological polar surface area (TPSA) is 103 Å². The van der Waals surface area contributed by atoms with Crippen molar-refractivity contribution in [3.05, 3.63) is 77.4 Å². The quantitative estimate of drug-likeness (QED) is 0.567. The summed E-state index contributed by atoms with van der Waals surface area (Å²) in [5.41, 5.74) is 1.89. The van der Waals surface area contributed by atoms with Crippen LogP contribution in [-0.2, 0) is 16.6 Å². The summed E-state index contributed by atoms with van der Waals surface area (Å²) in [4.78, 5) is 12.7. The van der Waals surface area contributed by atoms with Gasteiger partial charge in [0, 0.05) is 12.1 Å². The summed E-state index contributed by atoms with van der Waals surface area (Å²) in [6.07, 6.45) is 0. The van der Waals surface area contributed by atoms with Crippen LogP contribution >= 0.6 is 0 Å². The van der Waals surface area contributed by atoms with Crippen molar-refractivity contribution >= 4 is 21.6 Å². The third-order valence-corrected chi connectivity index (χ3v) is 6.49. The molecule has 2 N–H and O–H groups in total. The number of sulfonamides is 1. The van der Waals surface area contributed by atoms with Gasteiger partial charge in [0.05, 0.1) is 17.7 Å². The maximum atomic E-state index is 13.0. The SMILES string of the molecule is COc1ccccc1NS(=O)(=O)c1cc(C(=O)NCc2ccc3c(c2)OCO3)ccc1C. The van der Waals surface area contributed by atoms with Crippen LogP contribution in [0.2, 0.25) is 0 Å². The highest BCUT2D eigenvalue weighted by atomic mass is 32.2. The van der Waals surface area contributed by atoms with Crippen LogP contribution in [0.3, 0.4) is 0 Å². The van der Waals surface area contributed by atoms with Gasteiger partial charge in [-0.15, -0.1) is 0 Å². The lowest BCUT2D eigenvalue weighted by molar-refractivity contribution is 0.0950. The first kappa shape index (κ1) is 21.5. The van der Waals surface area contributed by atoms with E-state index in [1.807, 2.05) is 6.07 Å². The van der Waals surface area contributed by atoms with Crippen molar-refractivity contribution in [3.8, 4) is 17.2 Å². The van der Waals surface area contributed by atoms with Gasteiger partial charge in [0.15, 0.2) is 11.5 Å². The molecule has 0 aromatic heterocycles. The molecule has 1 heterocycles. The smallest absolute Gasteiger partial charge is 0.262 e. The second-order valence-corrected chi connectivity index (χ2v) is 8.81. The minimum absolute atomic E-state index is 0.0131. The lowest BCUT2D eigenvalue weighted by Crippen LogP contribution is -2.23. The van der Waals surface area contributed by atoms with Crippen LogP contribution in [0.15, 0.2) is 65.6 Å². The highest BCUT2D eigenvalue weighted by Crippen LogP contribution is 2.32. The molecule has 8 nitrogen and oxygen atoms in total. The van der Waals surface area contributed by atoms with Crippen LogP contribution in [0.5, 0.6) is 17.2 Å². The molecule has 3 aromatic carbocycles. The molecule has 32 heavy (non-hydrogen) atoms. The van der Waals surface area contributed by atoms with E-state index in [1.54, 1.807) is 55.5 Å². The zero-order chi connectivity index (χ0) is 22.7. The first-order chi connectivity index (χ1) is 15.4. The number of hydrogen-bond acceptors (Lipinski definition) is 6. The third kappa shape index (κ3) is 4.47. The van der Waals surface area contributed by atoms with E-state index >= 15 is 0 Å². The fraction of sp³-hybridized carbons (Fsp3) is 0.174. The maximum absolute atomic E-state index is 13.0. The summed E-state index contributed by atoms with van der Waals surface area (Å²) in [6, 6.07) is 16.7. The summed E-state index contributed by atoms with van der Waals surface area (Å²) in [7, 11) is -2.49. The van der Waals surface area contributed by atoms with Gasteiger partial charge in [0.1, 0.15) is 5.75 Å². The van der Waals surface area contributed by atoms with Crippen LogP contribution in [0.25, 0.3) is 0 Å². The number of ether oxygens (including phenoxy) is 3. The lowest BCUT2D eigenvalue weighted by Gasteiger charge is -2.14. The van der Waals surface area contributed by atoms with Crippen molar-refractivity contribution in [2.24, 2.45) is 0 Å². The Hall–Kier alpha value is -3.72. The molecule has 0 bridgehead atoms. The Morgan fingerprint density at radius 3 is 2.62 bits per heavy atom. The van der Waals surface area contributed by atoms with E-state index in [-0.39, 0.29) is 23.8 Å². The Bertz CT molecular complexity index is 1270. The number of hydrogen-bond donors (Lipinski definition) is 2. The van der Waals surface area contributed by atoms with Gasteiger partial charge in [-0.05, 0) is 54.4 Å². The zero-order valence-corrected chi connectivity index (χ0v) is 18.4. The van der Waals surface area contributed by atoms with Crippen molar-refractivity contribution in [1.29, 1.82) is 0 Å². The first-order valence-corrected chi connectivity index (χ1v) is 11.3. The number of carbonyl (C=O) groups is 1. The summed E-state index contributed by atoms with van der Waals surface area (Å²) in [5.74, 6) is 1.29. The standard InChI is InChI=1S/C23H22N2O6S/c1-15-7-9-17(23(26)24-13-16-8-10-20-21(11-16)31-14-30-20)12-22(15)32(27,28)25-18-5-3-4-6-19(18)29-2/h3-12,25H,13-14H2,1-2H3,(H,24,26). The number of nitrogens with one attached hydrogen (secondary N) is 2. The highest BCUT2D eigenvalue weighted by Gasteiger charge is 2.21. The zero-order valence-electron chi connectivity index (χ0n) is 17.5. The van der Waals surface area contributed by atoms with Crippen molar-refractivity contribution in [2.75, 3.05) is 18.6 Å². The molecule has 9 heteroatoms. The number of carbonyl (C=O) groups excluding carboxylic acids is 1. The summed E-state index contributed by atoms with van der Waals surface area (Å²) in [5, 5.41) is 2.80. The van der Waals surface area contributed by atoms with Gasteiger partial charge in [-0.2, -0.15) is 0 Å². The number of benzene rings is 3. The van der Waals surface area contributed by atoms with Gasteiger partial charge in [-0.1, -0.05) is 24.3 Å². The number of anilines is 1. The van der Waals surface area contributed by atoms with Crippen molar-refractivity contribution in [1.82, 2.24) is 5.32 Å². The van der Waals surface area contributed by atoms with Gasteiger partial charge < -0.3 is 19.5 Å². The Morgan fingerprint density at radius 2 is 1.81 bits per heavy atom. The number of methoxy groups -OCH3 is 1. The van der Waals surface area contributed by atoms with Crippen molar-refractivity contribution in [2.45, 2.75) is 18.4 Å². The van der Waals surface area contributed by atoms with Crippen LogP contribution in [0.4, 0.5) is 5.69 Å². The minimum atomic E-state index is -3.95. The number of rotatable bonds is 7. The number of aryl methyl sites for hydroxylation is 1. The van der Waals surface area contributed by atoms with E-state index < -0.39 is 15.9 Å². The summed E-state index contributed by atoms with van der Waals surface area (Å²) in [6.45, 7) is 2.10. The maximum Gasteiger partial charge on any atom is 0.262 e. The molecule has 3 aromatic rings. The Morgan fingerprint density at radius 1 is 1.03 bits per heavy atom. The minimum Gasteiger partial charge on any atom is -0.495 e. The van der Waals surface area contributed by atoms with Gasteiger partial charge in [-0.3, -0.25) is 9.52 Å². The largest absolute Gasteiger partial charge is 0.495 e. The Kier molecular flexibility index (Phi) is 5.91. The van der Waals surface area contributed by atoms with E-state index in [9.17, 15) is 13.2 Å². The predicted octanol–water partition coefficient (Wildman–Crippen LogP) is 3.46. The predicted molar refractivity (Wildman–Crippen MR) is 119 cm³/mol. The van der Waals surface area contributed by atoms with E-state index in [0.717, 1.165) is 5.56 Å². The molecular formula is C23H22N2O6S. The normalized spacial score (nSPS) is 12.3. The molecule has 0 aliphatic carbocycles. The van der Waals surface area contributed by atoms with Crippen molar-refractivity contribution in [3.63, 3.8) is 0 Å². The van der Waals surface area contributed by atoms with E-state index in [0.29, 0.717) is 28.5 Å². The third-order valence-electron chi connectivity index (χ3n) is 4.98.